The number of carbonyl (C=O) groups excluding carboxylic acids is 1. The van der Waals surface area contributed by atoms with Crippen molar-refractivity contribution in [2.24, 2.45) is 0 Å². The van der Waals surface area contributed by atoms with Gasteiger partial charge < -0.3 is 14.5 Å². The van der Waals surface area contributed by atoms with Gasteiger partial charge in [-0.2, -0.15) is 0 Å². The molecule has 2 aromatic carbocycles. The average molecular weight is 415 g/mol. The highest BCUT2D eigenvalue weighted by Gasteiger charge is 2.21. The van der Waals surface area contributed by atoms with Gasteiger partial charge >= 0.3 is 0 Å². The fraction of sp³-hybridized carbons (Fsp3) is 0.300. The lowest BCUT2D eigenvalue weighted by atomic mass is 10.2. The molecule has 2 heterocycles. The minimum absolute atomic E-state index is 0.0331. The monoisotopic (exact) mass is 415 g/mol. The Labute approximate surface area is 168 Å². The zero-order valence-electron chi connectivity index (χ0n) is 15.8. The van der Waals surface area contributed by atoms with E-state index >= 15 is 0 Å². The molecule has 1 aliphatic heterocycles. The SMILES string of the molecule is Cc1nc2cc(NC(=O)c3cccc(S(=O)(=O)NC[C@@H]4CCCO4)c3)ccc2o1. The van der Waals surface area contributed by atoms with E-state index in [0.29, 0.717) is 29.3 Å². The number of nitrogens with one attached hydrogen (secondary N) is 2. The third kappa shape index (κ3) is 4.47. The van der Waals surface area contributed by atoms with Crippen molar-refractivity contribution in [2.75, 3.05) is 18.5 Å². The zero-order chi connectivity index (χ0) is 20.4. The molecule has 0 bridgehead atoms. The predicted molar refractivity (Wildman–Crippen MR) is 107 cm³/mol. The Hall–Kier alpha value is -2.75. The van der Waals surface area contributed by atoms with E-state index in [4.69, 9.17) is 9.15 Å². The van der Waals surface area contributed by atoms with E-state index in [-0.39, 0.29) is 23.1 Å². The van der Waals surface area contributed by atoms with E-state index in [1.165, 1.54) is 12.1 Å². The zero-order valence-corrected chi connectivity index (χ0v) is 16.7. The second kappa shape index (κ2) is 7.94. The maximum atomic E-state index is 12.6. The van der Waals surface area contributed by atoms with Crippen LogP contribution < -0.4 is 10.0 Å². The summed E-state index contributed by atoms with van der Waals surface area (Å²) in [6, 6.07) is 11.0. The van der Waals surface area contributed by atoms with Gasteiger partial charge in [-0.25, -0.2) is 18.1 Å². The van der Waals surface area contributed by atoms with Gasteiger partial charge in [0.05, 0.1) is 11.0 Å². The Morgan fingerprint density at radius 3 is 2.90 bits per heavy atom. The molecule has 1 amide bonds. The molecular formula is C20H21N3O5S. The van der Waals surface area contributed by atoms with E-state index in [9.17, 15) is 13.2 Å². The number of oxazole rings is 1. The Bertz CT molecular complexity index is 1150. The van der Waals surface area contributed by atoms with Crippen molar-refractivity contribution in [1.82, 2.24) is 9.71 Å². The normalized spacial score (nSPS) is 16.9. The number of aryl methyl sites for hydroxylation is 1. The van der Waals surface area contributed by atoms with E-state index in [2.05, 4.69) is 15.0 Å². The third-order valence-corrected chi connectivity index (χ3v) is 6.11. The van der Waals surface area contributed by atoms with Gasteiger partial charge in [-0.1, -0.05) is 6.07 Å². The van der Waals surface area contributed by atoms with Crippen LogP contribution in [0.25, 0.3) is 11.1 Å². The molecule has 0 unspecified atom stereocenters. The lowest BCUT2D eigenvalue weighted by Gasteiger charge is -2.12. The summed E-state index contributed by atoms with van der Waals surface area (Å²) in [4.78, 5) is 16.9. The van der Waals surface area contributed by atoms with Crippen LogP contribution in [0.15, 0.2) is 51.8 Å². The fourth-order valence-corrected chi connectivity index (χ4v) is 4.33. The molecule has 1 aromatic heterocycles. The van der Waals surface area contributed by atoms with Gasteiger partial charge in [0, 0.05) is 31.3 Å². The number of aromatic nitrogens is 1. The predicted octanol–water partition coefficient (Wildman–Crippen LogP) is 2.85. The smallest absolute Gasteiger partial charge is 0.255 e. The molecule has 0 spiro atoms. The van der Waals surface area contributed by atoms with Crippen molar-refractivity contribution in [1.29, 1.82) is 0 Å². The number of anilines is 1. The summed E-state index contributed by atoms with van der Waals surface area (Å²) < 4.78 is 38.5. The van der Waals surface area contributed by atoms with E-state index in [1.54, 1.807) is 37.3 Å². The second-order valence-electron chi connectivity index (χ2n) is 6.88. The molecule has 1 aliphatic rings. The Morgan fingerprint density at radius 2 is 2.10 bits per heavy atom. The summed E-state index contributed by atoms with van der Waals surface area (Å²) in [5.74, 6) is 0.123. The van der Waals surface area contributed by atoms with Gasteiger partial charge in [-0.15, -0.1) is 0 Å². The standard InChI is InChI=1S/C20H21N3O5S/c1-13-22-18-11-15(7-8-19(18)28-13)23-20(24)14-4-2-6-17(10-14)29(25,26)21-12-16-5-3-9-27-16/h2,4,6-8,10-11,16,21H,3,5,9,12H2,1H3,(H,23,24)/t16-/m0/s1. The minimum Gasteiger partial charge on any atom is -0.441 e. The van der Waals surface area contributed by atoms with Crippen LogP contribution in [-0.2, 0) is 14.8 Å². The van der Waals surface area contributed by atoms with Gasteiger partial charge in [0.15, 0.2) is 11.5 Å². The Kier molecular flexibility index (Phi) is 5.35. The summed E-state index contributed by atoms with van der Waals surface area (Å²) in [5.41, 5.74) is 2.04. The molecule has 29 heavy (non-hydrogen) atoms. The molecule has 1 saturated heterocycles. The van der Waals surface area contributed by atoms with Gasteiger partial charge in [0.25, 0.3) is 5.91 Å². The van der Waals surface area contributed by atoms with Crippen LogP contribution in [0.4, 0.5) is 5.69 Å². The lowest BCUT2D eigenvalue weighted by molar-refractivity contribution is 0.102. The highest BCUT2D eigenvalue weighted by molar-refractivity contribution is 7.89. The van der Waals surface area contributed by atoms with Crippen molar-refractivity contribution in [3.05, 3.63) is 53.9 Å². The van der Waals surface area contributed by atoms with Crippen LogP contribution >= 0.6 is 0 Å². The summed E-state index contributed by atoms with van der Waals surface area (Å²) >= 11 is 0. The van der Waals surface area contributed by atoms with Gasteiger partial charge in [-0.3, -0.25) is 4.79 Å². The van der Waals surface area contributed by atoms with Crippen LogP contribution in [0, 0.1) is 6.92 Å². The second-order valence-corrected chi connectivity index (χ2v) is 8.65. The molecule has 0 aliphatic carbocycles. The number of sulfonamides is 1. The first-order valence-corrected chi connectivity index (χ1v) is 10.8. The number of hydrogen-bond donors (Lipinski definition) is 2. The number of benzene rings is 2. The first kappa shape index (κ1) is 19.6. The average Bonchev–Trinajstić information content (AvgIpc) is 3.35. The van der Waals surface area contributed by atoms with Crippen LogP contribution in [0.2, 0.25) is 0 Å². The number of rotatable bonds is 6. The quantitative estimate of drug-likeness (QED) is 0.641. The van der Waals surface area contributed by atoms with Crippen molar-refractivity contribution in [3.63, 3.8) is 0 Å². The van der Waals surface area contributed by atoms with E-state index < -0.39 is 15.9 Å². The molecule has 0 saturated carbocycles. The summed E-state index contributed by atoms with van der Waals surface area (Å²) in [5, 5.41) is 2.76. The largest absolute Gasteiger partial charge is 0.441 e. The highest BCUT2D eigenvalue weighted by atomic mass is 32.2. The molecular weight excluding hydrogens is 394 g/mol. The number of nitrogens with zero attached hydrogens (tertiary/aromatic N) is 1. The lowest BCUT2D eigenvalue weighted by Crippen LogP contribution is -2.32. The Balaban J connectivity index is 1.48. The summed E-state index contributed by atoms with van der Waals surface area (Å²) in [6.45, 7) is 2.62. The number of ether oxygens (including phenoxy) is 1. The topological polar surface area (TPSA) is 111 Å². The molecule has 0 radical (unpaired) electrons. The van der Waals surface area contributed by atoms with Crippen molar-refractivity contribution < 1.29 is 22.4 Å². The molecule has 152 valence electrons. The van der Waals surface area contributed by atoms with Gasteiger partial charge in [0.1, 0.15) is 5.52 Å². The number of hydrogen-bond acceptors (Lipinski definition) is 6. The number of carbonyl (C=O) groups is 1. The van der Waals surface area contributed by atoms with E-state index in [0.717, 1.165) is 12.8 Å². The molecule has 8 nitrogen and oxygen atoms in total. The number of fused-ring (bicyclic) bond motifs is 1. The van der Waals surface area contributed by atoms with Crippen molar-refractivity contribution in [3.8, 4) is 0 Å². The molecule has 2 N–H and O–H groups in total. The van der Waals surface area contributed by atoms with Crippen LogP contribution in [0.3, 0.4) is 0 Å². The maximum absolute atomic E-state index is 12.6. The van der Waals surface area contributed by atoms with E-state index in [1.807, 2.05) is 0 Å². The van der Waals surface area contributed by atoms with Crippen LogP contribution in [-0.4, -0.2) is 38.6 Å². The third-order valence-electron chi connectivity index (χ3n) is 4.68. The maximum Gasteiger partial charge on any atom is 0.255 e. The fourth-order valence-electron chi connectivity index (χ4n) is 3.22. The van der Waals surface area contributed by atoms with Gasteiger partial charge in [0.2, 0.25) is 10.0 Å². The first-order valence-electron chi connectivity index (χ1n) is 9.30. The first-order chi connectivity index (χ1) is 13.9. The molecule has 4 rings (SSSR count). The minimum atomic E-state index is -3.74. The van der Waals surface area contributed by atoms with Crippen molar-refractivity contribution in [2.45, 2.75) is 30.8 Å². The van der Waals surface area contributed by atoms with Crippen molar-refractivity contribution >= 4 is 32.7 Å². The van der Waals surface area contributed by atoms with Crippen LogP contribution in [0.5, 0.6) is 0 Å². The molecule has 1 atom stereocenters. The Morgan fingerprint density at radius 1 is 1.24 bits per heavy atom. The molecule has 9 heteroatoms. The highest BCUT2D eigenvalue weighted by Crippen LogP contribution is 2.21. The molecule has 1 fully saturated rings. The summed E-state index contributed by atoms with van der Waals surface area (Å²) in [6.07, 6.45) is 1.66. The number of amides is 1. The summed E-state index contributed by atoms with van der Waals surface area (Å²) in [7, 11) is -3.74. The molecule has 3 aromatic rings. The van der Waals surface area contributed by atoms with Gasteiger partial charge in [-0.05, 0) is 49.2 Å². The van der Waals surface area contributed by atoms with Crippen LogP contribution in [0.1, 0.15) is 29.1 Å².